The van der Waals surface area contributed by atoms with Gasteiger partial charge in [0.25, 0.3) is 0 Å². The normalized spacial score (nSPS) is 10.6. The molecule has 0 saturated heterocycles. The third-order valence-electron chi connectivity index (χ3n) is 2.52. The fourth-order valence-electron chi connectivity index (χ4n) is 1.58. The van der Waals surface area contributed by atoms with Crippen LogP contribution in [0.1, 0.15) is 12.8 Å². The number of nitrogens with one attached hydrogen (secondary N) is 1. The minimum absolute atomic E-state index is 0.647. The number of hydrogen-bond donors (Lipinski definition) is 1. The predicted molar refractivity (Wildman–Crippen MR) is 73.6 cm³/mol. The Bertz CT molecular complexity index is 525. The molecule has 0 aliphatic heterocycles. The van der Waals surface area contributed by atoms with Gasteiger partial charge >= 0.3 is 0 Å². The Morgan fingerprint density at radius 3 is 2.94 bits per heavy atom. The number of halogens is 1. The number of methoxy groups -OCH3 is 1. The predicted octanol–water partition coefficient (Wildman–Crippen LogP) is 3.22. The molecular weight excluding hydrogens is 296 g/mol. The first-order valence-corrected chi connectivity index (χ1v) is 6.53. The highest BCUT2D eigenvalue weighted by atomic mass is 79.9. The van der Waals surface area contributed by atoms with Crippen LogP contribution in [-0.4, -0.2) is 18.6 Å². The van der Waals surface area contributed by atoms with Crippen LogP contribution < -0.4 is 10.1 Å². The van der Waals surface area contributed by atoms with Gasteiger partial charge in [-0.05, 0) is 40.7 Å². The molecular formula is C13H15BrN2O2. The van der Waals surface area contributed by atoms with Gasteiger partial charge in [-0.15, -0.1) is 0 Å². The van der Waals surface area contributed by atoms with Gasteiger partial charge in [0.15, 0.2) is 5.76 Å². The van der Waals surface area contributed by atoms with Crippen molar-refractivity contribution in [1.29, 1.82) is 0 Å². The number of hydrogen-bond acceptors (Lipinski definition) is 4. The summed E-state index contributed by atoms with van der Waals surface area (Å²) >= 11 is 3.45. The summed E-state index contributed by atoms with van der Waals surface area (Å²) in [7, 11) is 1.64. The summed E-state index contributed by atoms with van der Waals surface area (Å²) in [5.41, 5.74) is 0.970. The summed E-state index contributed by atoms with van der Waals surface area (Å²) in [6.07, 6.45) is 1.74. The van der Waals surface area contributed by atoms with E-state index in [-0.39, 0.29) is 0 Å². The highest BCUT2D eigenvalue weighted by molar-refractivity contribution is 9.10. The van der Waals surface area contributed by atoms with E-state index in [1.165, 1.54) is 0 Å². The average Bonchev–Trinajstić information content (AvgIpc) is 2.85. The molecule has 2 rings (SSSR count). The van der Waals surface area contributed by atoms with E-state index in [1.54, 1.807) is 13.3 Å². The first-order chi connectivity index (χ1) is 8.74. The summed E-state index contributed by atoms with van der Waals surface area (Å²) in [5.74, 6) is 2.25. The lowest BCUT2D eigenvalue weighted by Gasteiger charge is -2.04. The molecule has 2 aromatic rings. The van der Waals surface area contributed by atoms with E-state index < -0.39 is 0 Å². The largest absolute Gasteiger partial charge is 0.496 e. The summed E-state index contributed by atoms with van der Waals surface area (Å²) in [5, 5.41) is 3.17. The standard InChI is InChI=1S/C13H15BrN2O2/c1-3-15-8-13-16-7-12(18-13)9-4-5-11(17-2)10(14)6-9/h4-7,15H,3,8H2,1-2H3. The van der Waals surface area contributed by atoms with E-state index in [0.29, 0.717) is 12.4 Å². The van der Waals surface area contributed by atoms with Crippen molar-refractivity contribution < 1.29 is 9.15 Å². The Morgan fingerprint density at radius 2 is 2.28 bits per heavy atom. The molecule has 0 aliphatic rings. The van der Waals surface area contributed by atoms with E-state index in [0.717, 1.165) is 28.1 Å². The van der Waals surface area contributed by atoms with Crippen molar-refractivity contribution in [3.63, 3.8) is 0 Å². The number of nitrogens with zero attached hydrogens (tertiary/aromatic N) is 1. The molecule has 1 aromatic heterocycles. The van der Waals surface area contributed by atoms with Gasteiger partial charge in [0.05, 0.1) is 24.3 Å². The molecule has 1 aromatic carbocycles. The Labute approximate surface area is 114 Å². The third-order valence-corrected chi connectivity index (χ3v) is 3.14. The minimum atomic E-state index is 0.647. The molecule has 0 saturated carbocycles. The molecule has 4 nitrogen and oxygen atoms in total. The van der Waals surface area contributed by atoms with E-state index in [2.05, 4.69) is 26.2 Å². The Morgan fingerprint density at radius 1 is 1.44 bits per heavy atom. The van der Waals surface area contributed by atoms with Gasteiger partial charge < -0.3 is 14.5 Å². The lowest BCUT2D eigenvalue weighted by molar-refractivity contribution is 0.412. The topological polar surface area (TPSA) is 47.3 Å². The van der Waals surface area contributed by atoms with Crippen molar-refractivity contribution in [2.24, 2.45) is 0 Å². The summed E-state index contributed by atoms with van der Waals surface area (Å²) in [4.78, 5) is 4.23. The first-order valence-electron chi connectivity index (χ1n) is 5.74. The highest BCUT2D eigenvalue weighted by Gasteiger charge is 2.08. The SMILES string of the molecule is CCNCc1ncc(-c2ccc(OC)c(Br)c2)o1. The van der Waals surface area contributed by atoms with E-state index in [1.807, 2.05) is 25.1 Å². The molecule has 96 valence electrons. The average molecular weight is 311 g/mol. The lowest BCUT2D eigenvalue weighted by atomic mass is 10.2. The monoisotopic (exact) mass is 310 g/mol. The smallest absolute Gasteiger partial charge is 0.208 e. The van der Waals surface area contributed by atoms with Crippen LogP contribution in [0.5, 0.6) is 5.75 Å². The fraction of sp³-hybridized carbons (Fsp3) is 0.308. The molecule has 0 atom stereocenters. The summed E-state index contributed by atoms with van der Waals surface area (Å²) < 4.78 is 11.8. The zero-order valence-corrected chi connectivity index (χ0v) is 12.0. The van der Waals surface area contributed by atoms with Gasteiger partial charge in [0.1, 0.15) is 5.75 Å². The molecule has 1 heterocycles. The molecule has 1 N–H and O–H groups in total. The van der Waals surface area contributed by atoms with Gasteiger partial charge in [-0.2, -0.15) is 0 Å². The van der Waals surface area contributed by atoms with Crippen molar-refractivity contribution in [2.45, 2.75) is 13.5 Å². The van der Waals surface area contributed by atoms with Crippen LogP contribution in [-0.2, 0) is 6.54 Å². The zero-order chi connectivity index (χ0) is 13.0. The number of rotatable bonds is 5. The van der Waals surface area contributed by atoms with Crippen LogP contribution in [0.15, 0.2) is 33.3 Å². The summed E-state index contributed by atoms with van der Waals surface area (Å²) in [6.45, 7) is 3.59. The molecule has 0 unspecified atom stereocenters. The highest BCUT2D eigenvalue weighted by Crippen LogP contribution is 2.30. The summed E-state index contributed by atoms with van der Waals surface area (Å²) in [6, 6.07) is 5.80. The number of benzene rings is 1. The zero-order valence-electron chi connectivity index (χ0n) is 10.4. The van der Waals surface area contributed by atoms with Gasteiger partial charge in [0, 0.05) is 5.56 Å². The second-order valence-corrected chi connectivity index (χ2v) is 4.60. The maximum absolute atomic E-state index is 5.67. The quantitative estimate of drug-likeness (QED) is 0.921. The molecule has 18 heavy (non-hydrogen) atoms. The first kappa shape index (κ1) is 13.1. The maximum atomic E-state index is 5.67. The Balaban J connectivity index is 2.20. The molecule has 0 amide bonds. The Kier molecular flexibility index (Phi) is 4.38. The molecule has 0 aliphatic carbocycles. The van der Waals surface area contributed by atoms with E-state index in [9.17, 15) is 0 Å². The number of aromatic nitrogens is 1. The van der Waals surface area contributed by atoms with Crippen LogP contribution in [0.2, 0.25) is 0 Å². The van der Waals surface area contributed by atoms with Crippen molar-refractivity contribution in [3.05, 3.63) is 34.8 Å². The second kappa shape index (κ2) is 6.02. The minimum Gasteiger partial charge on any atom is -0.496 e. The van der Waals surface area contributed by atoms with Gasteiger partial charge in [-0.3, -0.25) is 0 Å². The molecule has 0 radical (unpaired) electrons. The third kappa shape index (κ3) is 2.91. The number of ether oxygens (including phenoxy) is 1. The van der Waals surface area contributed by atoms with Crippen LogP contribution in [0.3, 0.4) is 0 Å². The van der Waals surface area contributed by atoms with Gasteiger partial charge in [0.2, 0.25) is 5.89 Å². The van der Waals surface area contributed by atoms with E-state index >= 15 is 0 Å². The van der Waals surface area contributed by atoms with Crippen LogP contribution >= 0.6 is 15.9 Å². The van der Waals surface area contributed by atoms with Crippen LogP contribution in [0.25, 0.3) is 11.3 Å². The molecule has 0 spiro atoms. The molecule has 0 bridgehead atoms. The van der Waals surface area contributed by atoms with Crippen molar-refractivity contribution in [2.75, 3.05) is 13.7 Å². The van der Waals surface area contributed by atoms with Crippen LogP contribution in [0, 0.1) is 0 Å². The number of oxazole rings is 1. The van der Waals surface area contributed by atoms with Gasteiger partial charge in [-0.1, -0.05) is 6.92 Å². The van der Waals surface area contributed by atoms with Crippen molar-refractivity contribution in [1.82, 2.24) is 10.3 Å². The second-order valence-electron chi connectivity index (χ2n) is 3.75. The molecule has 0 fully saturated rings. The fourth-order valence-corrected chi connectivity index (χ4v) is 2.12. The lowest BCUT2D eigenvalue weighted by Crippen LogP contribution is -2.11. The van der Waals surface area contributed by atoms with Gasteiger partial charge in [-0.25, -0.2) is 4.98 Å². The Hall–Kier alpha value is -1.33. The van der Waals surface area contributed by atoms with Crippen molar-refractivity contribution in [3.8, 4) is 17.1 Å². The van der Waals surface area contributed by atoms with Crippen LogP contribution in [0.4, 0.5) is 0 Å². The van der Waals surface area contributed by atoms with Crippen molar-refractivity contribution >= 4 is 15.9 Å². The molecule has 5 heteroatoms. The maximum Gasteiger partial charge on any atom is 0.208 e. The van der Waals surface area contributed by atoms with E-state index in [4.69, 9.17) is 9.15 Å².